The molecule has 0 saturated heterocycles. The smallest absolute Gasteiger partial charge is 0.340 e. The summed E-state index contributed by atoms with van der Waals surface area (Å²) in [4.78, 5) is 26.1. The van der Waals surface area contributed by atoms with Crippen molar-refractivity contribution in [3.05, 3.63) is 112 Å². The number of carbonyl (C=O) groups excluding carboxylic acids is 2. The molecular weight excluding hydrogens is 374 g/mol. The average Bonchev–Trinajstić information content (AvgIpc) is 3.11. The summed E-state index contributed by atoms with van der Waals surface area (Å²) in [7, 11) is 0. The topological polar surface area (TPSA) is 47.8 Å². The number of nitrogens with zero attached hydrogens (tertiary/aromatic N) is 1. The standard InChI is InChI=1S/C26H23NO3/c1-17-7-6-8-20(14-17)16-30-26(29)22-15-24(27-12-5-4-9-23(22)27)25(28)21-11-10-18(2)13-19(21)3/h4-15H,16H2,1-3H3. The Balaban J connectivity index is 1.68. The van der Waals surface area contributed by atoms with Crippen LogP contribution >= 0.6 is 0 Å². The van der Waals surface area contributed by atoms with Gasteiger partial charge in [-0.05, 0) is 50.1 Å². The maximum absolute atomic E-state index is 13.3. The number of hydrogen-bond donors (Lipinski definition) is 0. The number of hydrogen-bond acceptors (Lipinski definition) is 3. The fourth-order valence-corrected chi connectivity index (χ4v) is 3.73. The molecule has 2 aromatic heterocycles. The molecular formula is C26H23NO3. The molecule has 0 aliphatic carbocycles. The Morgan fingerprint density at radius 2 is 1.63 bits per heavy atom. The number of rotatable bonds is 5. The van der Waals surface area contributed by atoms with Gasteiger partial charge in [-0.15, -0.1) is 0 Å². The SMILES string of the molecule is Cc1cccc(COC(=O)c2cc(C(=O)c3ccc(C)cc3C)n3ccccc23)c1. The summed E-state index contributed by atoms with van der Waals surface area (Å²) < 4.78 is 7.31. The molecule has 0 fully saturated rings. The van der Waals surface area contributed by atoms with Gasteiger partial charge < -0.3 is 9.14 Å². The number of fused-ring (bicyclic) bond motifs is 1. The quantitative estimate of drug-likeness (QED) is 0.332. The van der Waals surface area contributed by atoms with Gasteiger partial charge in [-0.3, -0.25) is 4.79 Å². The van der Waals surface area contributed by atoms with E-state index in [2.05, 4.69) is 0 Å². The molecule has 4 rings (SSSR count). The van der Waals surface area contributed by atoms with E-state index in [1.807, 2.05) is 81.4 Å². The molecule has 4 heteroatoms. The molecule has 0 radical (unpaired) electrons. The Labute approximate surface area is 175 Å². The van der Waals surface area contributed by atoms with Crippen molar-refractivity contribution in [3.63, 3.8) is 0 Å². The van der Waals surface area contributed by atoms with E-state index in [4.69, 9.17) is 4.74 Å². The second kappa shape index (κ2) is 7.99. The number of benzene rings is 2. The second-order valence-electron chi connectivity index (χ2n) is 7.61. The largest absolute Gasteiger partial charge is 0.457 e. The van der Waals surface area contributed by atoms with Crippen LogP contribution < -0.4 is 0 Å². The van der Waals surface area contributed by atoms with E-state index in [0.717, 1.165) is 22.3 Å². The lowest BCUT2D eigenvalue weighted by molar-refractivity contribution is 0.0475. The molecule has 0 N–H and O–H groups in total. The van der Waals surface area contributed by atoms with E-state index in [-0.39, 0.29) is 12.4 Å². The van der Waals surface area contributed by atoms with E-state index >= 15 is 0 Å². The van der Waals surface area contributed by atoms with Gasteiger partial charge in [-0.2, -0.15) is 0 Å². The number of ketones is 1. The Kier molecular flexibility index (Phi) is 5.23. The summed E-state index contributed by atoms with van der Waals surface area (Å²) >= 11 is 0. The molecule has 4 nitrogen and oxygen atoms in total. The molecule has 2 aromatic carbocycles. The van der Waals surface area contributed by atoms with E-state index in [1.165, 1.54) is 0 Å². The molecule has 0 amide bonds. The summed E-state index contributed by atoms with van der Waals surface area (Å²) in [6, 6.07) is 20.7. The minimum absolute atomic E-state index is 0.119. The van der Waals surface area contributed by atoms with Crippen molar-refractivity contribution in [2.75, 3.05) is 0 Å². The highest BCUT2D eigenvalue weighted by Crippen LogP contribution is 2.23. The van der Waals surface area contributed by atoms with Crippen molar-refractivity contribution >= 4 is 17.3 Å². The molecule has 0 unspecified atom stereocenters. The molecule has 0 atom stereocenters. The minimum atomic E-state index is -0.445. The summed E-state index contributed by atoms with van der Waals surface area (Å²) in [5.41, 5.74) is 6.16. The number of esters is 1. The van der Waals surface area contributed by atoms with Crippen LogP contribution in [0.15, 0.2) is 72.9 Å². The van der Waals surface area contributed by atoms with E-state index < -0.39 is 5.97 Å². The van der Waals surface area contributed by atoms with Crippen LogP contribution in [0.2, 0.25) is 0 Å². The first kappa shape index (κ1) is 19.6. The van der Waals surface area contributed by atoms with Gasteiger partial charge in [0, 0.05) is 11.8 Å². The number of aryl methyl sites for hydroxylation is 3. The molecule has 0 aliphatic heterocycles. The zero-order chi connectivity index (χ0) is 21.3. The van der Waals surface area contributed by atoms with Crippen molar-refractivity contribution in [2.24, 2.45) is 0 Å². The minimum Gasteiger partial charge on any atom is -0.457 e. The highest BCUT2D eigenvalue weighted by atomic mass is 16.5. The average molecular weight is 397 g/mol. The van der Waals surface area contributed by atoms with Crippen molar-refractivity contribution in [1.29, 1.82) is 0 Å². The predicted molar refractivity (Wildman–Crippen MR) is 117 cm³/mol. The number of pyridine rings is 1. The summed E-state index contributed by atoms with van der Waals surface area (Å²) in [5.74, 6) is -0.564. The van der Waals surface area contributed by atoms with Crippen LogP contribution in [0.1, 0.15) is 48.7 Å². The predicted octanol–water partition coefficient (Wildman–Crippen LogP) is 5.45. The van der Waals surface area contributed by atoms with Crippen molar-refractivity contribution < 1.29 is 14.3 Å². The Morgan fingerprint density at radius 3 is 2.40 bits per heavy atom. The normalized spacial score (nSPS) is 10.9. The van der Waals surface area contributed by atoms with E-state index in [1.54, 1.807) is 16.7 Å². The second-order valence-corrected chi connectivity index (χ2v) is 7.61. The Hall–Kier alpha value is -3.66. The van der Waals surface area contributed by atoms with Gasteiger partial charge in [0.1, 0.15) is 6.61 Å². The lowest BCUT2D eigenvalue weighted by Crippen LogP contribution is -2.07. The van der Waals surface area contributed by atoms with Crippen LogP contribution in [-0.4, -0.2) is 16.2 Å². The zero-order valence-electron chi connectivity index (χ0n) is 17.3. The highest BCUT2D eigenvalue weighted by molar-refractivity contribution is 6.12. The lowest BCUT2D eigenvalue weighted by Gasteiger charge is -2.06. The van der Waals surface area contributed by atoms with E-state index in [9.17, 15) is 9.59 Å². The lowest BCUT2D eigenvalue weighted by atomic mass is 10.0. The van der Waals surface area contributed by atoms with Gasteiger partial charge in [-0.1, -0.05) is 59.7 Å². The van der Waals surface area contributed by atoms with Gasteiger partial charge in [-0.25, -0.2) is 4.79 Å². The van der Waals surface area contributed by atoms with Crippen LogP contribution in [0.25, 0.3) is 5.52 Å². The van der Waals surface area contributed by atoms with Gasteiger partial charge in [0.25, 0.3) is 0 Å². The first-order chi connectivity index (χ1) is 14.4. The zero-order valence-corrected chi connectivity index (χ0v) is 17.3. The van der Waals surface area contributed by atoms with Crippen molar-refractivity contribution in [2.45, 2.75) is 27.4 Å². The Bertz CT molecular complexity index is 1270. The molecule has 0 aliphatic rings. The molecule has 0 spiro atoms. The third-order valence-electron chi connectivity index (χ3n) is 5.21. The maximum Gasteiger partial charge on any atom is 0.340 e. The van der Waals surface area contributed by atoms with Crippen molar-refractivity contribution in [1.82, 2.24) is 4.40 Å². The summed E-state index contributed by atoms with van der Waals surface area (Å²) in [6.07, 6.45) is 1.80. The molecule has 30 heavy (non-hydrogen) atoms. The van der Waals surface area contributed by atoms with E-state index in [0.29, 0.717) is 22.3 Å². The highest BCUT2D eigenvalue weighted by Gasteiger charge is 2.22. The number of carbonyl (C=O) groups is 2. The van der Waals surface area contributed by atoms with Crippen molar-refractivity contribution in [3.8, 4) is 0 Å². The molecule has 150 valence electrons. The third kappa shape index (κ3) is 3.77. The first-order valence-corrected chi connectivity index (χ1v) is 9.89. The van der Waals surface area contributed by atoms with Crippen LogP contribution in [0.5, 0.6) is 0 Å². The fourth-order valence-electron chi connectivity index (χ4n) is 3.73. The van der Waals surface area contributed by atoms with Gasteiger partial charge in [0.05, 0.1) is 16.8 Å². The fraction of sp³-hybridized carbons (Fsp3) is 0.154. The third-order valence-corrected chi connectivity index (χ3v) is 5.21. The van der Waals surface area contributed by atoms with Crippen LogP contribution in [0, 0.1) is 20.8 Å². The monoisotopic (exact) mass is 397 g/mol. The van der Waals surface area contributed by atoms with Gasteiger partial charge in [0.15, 0.2) is 0 Å². The molecule has 2 heterocycles. The van der Waals surface area contributed by atoms with Gasteiger partial charge >= 0.3 is 5.97 Å². The molecule has 0 saturated carbocycles. The Morgan fingerprint density at radius 1 is 0.833 bits per heavy atom. The van der Waals surface area contributed by atoms with Crippen LogP contribution in [0.4, 0.5) is 0 Å². The molecule has 4 aromatic rings. The number of ether oxygens (including phenoxy) is 1. The number of aromatic nitrogens is 1. The maximum atomic E-state index is 13.3. The summed E-state index contributed by atoms with van der Waals surface area (Å²) in [6.45, 7) is 6.10. The van der Waals surface area contributed by atoms with Crippen LogP contribution in [-0.2, 0) is 11.3 Å². The first-order valence-electron chi connectivity index (χ1n) is 9.89. The van der Waals surface area contributed by atoms with Gasteiger partial charge in [0.2, 0.25) is 5.78 Å². The summed E-state index contributed by atoms with van der Waals surface area (Å²) in [5, 5.41) is 0. The molecule has 0 bridgehead atoms. The van der Waals surface area contributed by atoms with Crippen LogP contribution in [0.3, 0.4) is 0 Å².